The molecule has 0 N–H and O–H groups in total. The highest BCUT2D eigenvalue weighted by Gasteiger charge is 2.36. The van der Waals surface area contributed by atoms with E-state index in [0.29, 0.717) is 19.0 Å². The SMILES string of the molecule is CCN(Cc1ccc(Cl)s1)C(=O)C1CCN(C(=O)C2CC2)CC1. The molecule has 0 aromatic carbocycles. The molecule has 2 amide bonds. The first kappa shape index (κ1) is 16.8. The highest BCUT2D eigenvalue weighted by atomic mass is 35.5. The number of carbonyl (C=O) groups excluding carboxylic acids is 2. The normalized spacial score (nSPS) is 19.0. The van der Waals surface area contributed by atoms with E-state index in [9.17, 15) is 9.59 Å². The molecule has 2 heterocycles. The molecule has 1 aliphatic carbocycles. The summed E-state index contributed by atoms with van der Waals surface area (Å²) in [5, 5.41) is 0. The molecule has 2 aliphatic rings. The van der Waals surface area contributed by atoms with E-state index in [4.69, 9.17) is 11.6 Å². The van der Waals surface area contributed by atoms with Crippen LogP contribution in [0.1, 0.15) is 37.5 Å². The van der Waals surface area contributed by atoms with Crippen LogP contribution < -0.4 is 0 Å². The summed E-state index contributed by atoms with van der Waals surface area (Å²) in [6, 6.07) is 3.86. The number of halogens is 1. The van der Waals surface area contributed by atoms with Gasteiger partial charge in [-0.05, 0) is 44.7 Å². The van der Waals surface area contributed by atoms with Gasteiger partial charge in [0.05, 0.1) is 10.9 Å². The zero-order valence-corrected chi connectivity index (χ0v) is 15.0. The first-order valence-corrected chi connectivity index (χ1v) is 9.59. The van der Waals surface area contributed by atoms with Crippen molar-refractivity contribution in [3.05, 3.63) is 21.3 Å². The Morgan fingerprint density at radius 3 is 2.43 bits per heavy atom. The van der Waals surface area contributed by atoms with Crippen LogP contribution in [0.4, 0.5) is 0 Å². The van der Waals surface area contributed by atoms with Crippen LogP contribution in [0.25, 0.3) is 0 Å². The molecule has 0 atom stereocenters. The van der Waals surface area contributed by atoms with Crippen molar-refractivity contribution in [1.29, 1.82) is 0 Å². The molecule has 1 aliphatic heterocycles. The Morgan fingerprint density at radius 1 is 1.22 bits per heavy atom. The zero-order chi connectivity index (χ0) is 16.4. The molecule has 1 saturated carbocycles. The van der Waals surface area contributed by atoms with Gasteiger partial charge in [0.15, 0.2) is 0 Å². The Balaban J connectivity index is 1.53. The van der Waals surface area contributed by atoms with E-state index >= 15 is 0 Å². The molecule has 3 rings (SSSR count). The van der Waals surface area contributed by atoms with E-state index in [2.05, 4.69) is 0 Å². The molecule has 126 valence electrons. The summed E-state index contributed by atoms with van der Waals surface area (Å²) in [6.45, 7) is 4.81. The maximum absolute atomic E-state index is 12.8. The predicted molar refractivity (Wildman–Crippen MR) is 92.4 cm³/mol. The van der Waals surface area contributed by atoms with Gasteiger partial charge in [-0.25, -0.2) is 0 Å². The molecule has 0 radical (unpaired) electrons. The van der Waals surface area contributed by atoms with Crippen LogP contribution in [0.15, 0.2) is 12.1 Å². The molecule has 1 saturated heterocycles. The van der Waals surface area contributed by atoms with Crippen molar-refractivity contribution in [3.63, 3.8) is 0 Å². The third-order valence-electron chi connectivity index (χ3n) is 4.75. The molecule has 4 nitrogen and oxygen atoms in total. The van der Waals surface area contributed by atoms with E-state index in [-0.39, 0.29) is 17.7 Å². The number of thiophene rings is 1. The predicted octanol–water partition coefficient (Wildman–Crippen LogP) is 3.40. The lowest BCUT2D eigenvalue weighted by Crippen LogP contribution is -2.44. The zero-order valence-electron chi connectivity index (χ0n) is 13.5. The van der Waals surface area contributed by atoms with Gasteiger partial charge in [-0.2, -0.15) is 0 Å². The van der Waals surface area contributed by atoms with Gasteiger partial charge in [-0.15, -0.1) is 11.3 Å². The van der Waals surface area contributed by atoms with Crippen molar-refractivity contribution in [2.45, 2.75) is 39.2 Å². The Kier molecular flexibility index (Phi) is 5.27. The fourth-order valence-electron chi connectivity index (χ4n) is 3.16. The molecule has 0 bridgehead atoms. The third-order valence-corrected chi connectivity index (χ3v) is 5.97. The number of hydrogen-bond acceptors (Lipinski definition) is 3. The standard InChI is InChI=1S/C17H23ClN2O2S/c1-2-19(11-14-5-6-15(18)23-14)16(21)13-7-9-20(10-8-13)17(22)12-3-4-12/h5-6,12-13H,2-4,7-11H2,1H3. The lowest BCUT2D eigenvalue weighted by molar-refractivity contribution is -0.141. The van der Waals surface area contributed by atoms with Crippen molar-refractivity contribution in [2.75, 3.05) is 19.6 Å². The van der Waals surface area contributed by atoms with Crippen molar-refractivity contribution >= 4 is 34.8 Å². The van der Waals surface area contributed by atoms with Crippen LogP contribution >= 0.6 is 22.9 Å². The van der Waals surface area contributed by atoms with Crippen LogP contribution in [0.3, 0.4) is 0 Å². The minimum absolute atomic E-state index is 0.0497. The van der Waals surface area contributed by atoms with Crippen molar-refractivity contribution < 1.29 is 9.59 Å². The fraction of sp³-hybridized carbons (Fsp3) is 0.647. The average molecular weight is 355 g/mol. The number of nitrogens with zero attached hydrogens (tertiary/aromatic N) is 2. The van der Waals surface area contributed by atoms with E-state index in [1.165, 1.54) is 11.3 Å². The Hall–Kier alpha value is -1.07. The van der Waals surface area contributed by atoms with Crippen LogP contribution in [-0.2, 0) is 16.1 Å². The summed E-state index contributed by atoms with van der Waals surface area (Å²) in [6.07, 6.45) is 3.67. The Labute approximate surface area is 146 Å². The number of likely N-dealkylation sites (tertiary alicyclic amines) is 1. The minimum atomic E-state index is 0.0497. The summed E-state index contributed by atoms with van der Waals surface area (Å²) < 4.78 is 0.760. The van der Waals surface area contributed by atoms with Crippen LogP contribution in [0, 0.1) is 11.8 Å². The highest BCUT2D eigenvalue weighted by Crippen LogP contribution is 2.33. The number of rotatable bonds is 5. The summed E-state index contributed by atoms with van der Waals surface area (Å²) >= 11 is 7.50. The summed E-state index contributed by atoms with van der Waals surface area (Å²) in [7, 11) is 0. The van der Waals surface area contributed by atoms with E-state index < -0.39 is 0 Å². The average Bonchev–Trinajstić information content (AvgIpc) is 3.34. The number of hydrogen-bond donors (Lipinski definition) is 0. The second-order valence-corrected chi connectivity index (χ2v) is 8.23. The van der Waals surface area contributed by atoms with E-state index in [0.717, 1.165) is 48.0 Å². The first-order chi connectivity index (χ1) is 11.1. The van der Waals surface area contributed by atoms with Gasteiger partial charge < -0.3 is 9.80 Å². The number of amides is 2. The molecule has 0 unspecified atom stereocenters. The molecular weight excluding hydrogens is 332 g/mol. The lowest BCUT2D eigenvalue weighted by atomic mass is 9.95. The van der Waals surface area contributed by atoms with Crippen LogP contribution in [-0.4, -0.2) is 41.2 Å². The quantitative estimate of drug-likeness (QED) is 0.813. The molecule has 6 heteroatoms. The highest BCUT2D eigenvalue weighted by molar-refractivity contribution is 7.16. The molecule has 0 spiro atoms. The van der Waals surface area contributed by atoms with E-state index in [1.807, 2.05) is 28.9 Å². The van der Waals surface area contributed by atoms with E-state index in [1.54, 1.807) is 0 Å². The van der Waals surface area contributed by atoms with Gasteiger partial charge in [-0.1, -0.05) is 11.6 Å². The topological polar surface area (TPSA) is 40.6 Å². The van der Waals surface area contributed by atoms with Gasteiger partial charge in [-0.3, -0.25) is 9.59 Å². The minimum Gasteiger partial charge on any atom is -0.342 e. The van der Waals surface area contributed by atoms with Crippen LogP contribution in [0.2, 0.25) is 4.34 Å². The van der Waals surface area contributed by atoms with Gasteiger partial charge in [0.1, 0.15) is 0 Å². The molecule has 2 fully saturated rings. The largest absolute Gasteiger partial charge is 0.342 e. The Morgan fingerprint density at radius 2 is 1.91 bits per heavy atom. The smallest absolute Gasteiger partial charge is 0.226 e. The fourth-order valence-corrected chi connectivity index (χ4v) is 4.27. The van der Waals surface area contributed by atoms with Gasteiger partial charge in [0.25, 0.3) is 0 Å². The molecular formula is C17H23ClN2O2S. The maximum atomic E-state index is 12.8. The van der Waals surface area contributed by atoms with Crippen molar-refractivity contribution in [2.24, 2.45) is 11.8 Å². The summed E-state index contributed by atoms with van der Waals surface area (Å²) in [4.78, 5) is 29.8. The lowest BCUT2D eigenvalue weighted by Gasteiger charge is -2.34. The molecule has 23 heavy (non-hydrogen) atoms. The second kappa shape index (κ2) is 7.22. The van der Waals surface area contributed by atoms with Gasteiger partial charge in [0, 0.05) is 36.3 Å². The van der Waals surface area contributed by atoms with Crippen molar-refractivity contribution in [1.82, 2.24) is 9.80 Å². The molecule has 1 aromatic rings. The first-order valence-electron chi connectivity index (χ1n) is 8.40. The number of piperidine rings is 1. The molecule has 1 aromatic heterocycles. The maximum Gasteiger partial charge on any atom is 0.226 e. The second-order valence-electron chi connectivity index (χ2n) is 6.43. The Bertz CT molecular complexity index is 577. The van der Waals surface area contributed by atoms with Crippen LogP contribution in [0.5, 0.6) is 0 Å². The summed E-state index contributed by atoms with van der Waals surface area (Å²) in [5.41, 5.74) is 0. The summed E-state index contributed by atoms with van der Waals surface area (Å²) in [5.74, 6) is 0.846. The van der Waals surface area contributed by atoms with Crippen molar-refractivity contribution in [3.8, 4) is 0 Å². The third kappa shape index (κ3) is 4.07. The van der Waals surface area contributed by atoms with Gasteiger partial charge >= 0.3 is 0 Å². The monoisotopic (exact) mass is 354 g/mol. The van der Waals surface area contributed by atoms with Gasteiger partial charge in [0.2, 0.25) is 11.8 Å². The number of carbonyl (C=O) groups is 2.